The molecule has 3 nitrogen and oxygen atoms in total. The Morgan fingerprint density at radius 3 is 2.74 bits per heavy atom. The molecule has 0 aliphatic carbocycles. The van der Waals surface area contributed by atoms with Crippen molar-refractivity contribution >= 4 is 11.0 Å². The molecule has 0 saturated carbocycles. The molecule has 96 valence electrons. The minimum Gasteiger partial charge on any atom is -0.508 e. The second-order valence-electron chi connectivity index (χ2n) is 4.29. The number of halogens is 2. The average Bonchev–Trinajstić information content (AvgIpc) is 2.82. The summed E-state index contributed by atoms with van der Waals surface area (Å²) >= 11 is 0. The second kappa shape index (κ2) is 4.05. The number of rotatable bonds is 1. The molecule has 2 aromatic carbocycles. The molecule has 19 heavy (non-hydrogen) atoms. The highest BCUT2D eigenvalue weighted by molar-refractivity contribution is 5.81. The van der Waals surface area contributed by atoms with Gasteiger partial charge in [-0.3, -0.25) is 0 Å². The molecular formula is C14H10F2N2O. The molecule has 2 N–H and O–H groups in total. The van der Waals surface area contributed by atoms with Gasteiger partial charge in [0.1, 0.15) is 17.1 Å². The van der Waals surface area contributed by atoms with E-state index in [4.69, 9.17) is 0 Å². The number of nitrogens with one attached hydrogen (secondary N) is 1. The fraction of sp³-hybridized carbons (Fsp3) is 0.0714. The number of nitrogens with zero attached hydrogens (tertiary/aromatic N) is 1. The third-order valence-electron chi connectivity index (χ3n) is 3.11. The third-order valence-corrected chi connectivity index (χ3v) is 3.11. The number of H-pyrrole nitrogens is 1. The van der Waals surface area contributed by atoms with E-state index in [0.29, 0.717) is 22.5 Å². The summed E-state index contributed by atoms with van der Waals surface area (Å²) in [5, 5.41) is 9.66. The van der Waals surface area contributed by atoms with Gasteiger partial charge in [0.05, 0.1) is 5.52 Å². The van der Waals surface area contributed by atoms with Crippen LogP contribution in [-0.2, 0) is 0 Å². The van der Waals surface area contributed by atoms with Gasteiger partial charge in [-0.05, 0) is 25.1 Å². The van der Waals surface area contributed by atoms with Crippen LogP contribution in [0.1, 0.15) is 5.56 Å². The van der Waals surface area contributed by atoms with Crippen LogP contribution >= 0.6 is 0 Å². The molecule has 0 atom stereocenters. The van der Waals surface area contributed by atoms with Crippen molar-refractivity contribution in [3.63, 3.8) is 0 Å². The SMILES string of the molecule is Cc1c(O)cccc1-c1nc2c(F)c(F)ccc2[nH]1. The summed E-state index contributed by atoms with van der Waals surface area (Å²) in [4.78, 5) is 6.98. The van der Waals surface area contributed by atoms with E-state index < -0.39 is 11.6 Å². The lowest BCUT2D eigenvalue weighted by Crippen LogP contribution is -1.86. The smallest absolute Gasteiger partial charge is 0.186 e. The van der Waals surface area contributed by atoms with E-state index in [9.17, 15) is 13.9 Å². The van der Waals surface area contributed by atoms with Gasteiger partial charge in [0.25, 0.3) is 0 Å². The number of aromatic nitrogens is 2. The Labute approximate surface area is 107 Å². The average molecular weight is 260 g/mol. The largest absolute Gasteiger partial charge is 0.508 e. The molecule has 0 unspecified atom stereocenters. The van der Waals surface area contributed by atoms with Gasteiger partial charge in [0.2, 0.25) is 0 Å². The van der Waals surface area contributed by atoms with Crippen molar-refractivity contribution in [2.45, 2.75) is 6.92 Å². The zero-order valence-electron chi connectivity index (χ0n) is 10.0. The molecule has 0 saturated heterocycles. The highest BCUT2D eigenvalue weighted by atomic mass is 19.2. The standard InChI is InChI=1S/C14H10F2N2O/c1-7-8(3-2-4-11(7)19)14-17-10-6-5-9(15)12(16)13(10)18-14/h2-6,19H,1H3,(H,17,18). The van der Waals surface area contributed by atoms with E-state index >= 15 is 0 Å². The van der Waals surface area contributed by atoms with Crippen LogP contribution in [0.2, 0.25) is 0 Å². The predicted octanol–water partition coefficient (Wildman–Crippen LogP) is 3.52. The summed E-state index contributed by atoms with van der Waals surface area (Å²) in [6.07, 6.45) is 0. The molecule has 0 amide bonds. The topological polar surface area (TPSA) is 48.9 Å². The van der Waals surface area contributed by atoms with Gasteiger partial charge < -0.3 is 10.1 Å². The van der Waals surface area contributed by atoms with Crippen molar-refractivity contribution in [3.05, 3.63) is 47.5 Å². The maximum absolute atomic E-state index is 13.6. The Morgan fingerprint density at radius 1 is 1.16 bits per heavy atom. The molecule has 0 aliphatic rings. The van der Waals surface area contributed by atoms with E-state index in [1.165, 1.54) is 6.07 Å². The summed E-state index contributed by atoms with van der Waals surface area (Å²) in [6.45, 7) is 1.73. The maximum Gasteiger partial charge on any atom is 0.186 e. The molecule has 1 heterocycles. The van der Waals surface area contributed by atoms with Gasteiger partial charge in [-0.2, -0.15) is 0 Å². The van der Waals surface area contributed by atoms with Crippen molar-refractivity contribution in [1.29, 1.82) is 0 Å². The van der Waals surface area contributed by atoms with Gasteiger partial charge in [-0.1, -0.05) is 12.1 Å². The number of benzene rings is 2. The third kappa shape index (κ3) is 1.74. The Kier molecular flexibility index (Phi) is 2.48. The van der Waals surface area contributed by atoms with E-state index in [1.54, 1.807) is 25.1 Å². The molecule has 0 fully saturated rings. The molecule has 0 bridgehead atoms. The van der Waals surface area contributed by atoms with Crippen LogP contribution < -0.4 is 0 Å². The van der Waals surface area contributed by atoms with Crippen molar-refractivity contribution in [2.24, 2.45) is 0 Å². The van der Waals surface area contributed by atoms with Gasteiger partial charge in [0.15, 0.2) is 11.6 Å². The van der Waals surface area contributed by atoms with Crippen LogP contribution in [0, 0.1) is 18.6 Å². The lowest BCUT2D eigenvalue weighted by atomic mass is 10.1. The highest BCUT2D eigenvalue weighted by Gasteiger charge is 2.14. The summed E-state index contributed by atoms with van der Waals surface area (Å²) in [5.41, 5.74) is 1.65. The zero-order chi connectivity index (χ0) is 13.6. The molecule has 3 rings (SSSR count). The van der Waals surface area contributed by atoms with Gasteiger partial charge in [-0.15, -0.1) is 0 Å². The number of phenols is 1. The quantitative estimate of drug-likeness (QED) is 0.703. The fourth-order valence-corrected chi connectivity index (χ4v) is 2.02. The first-order valence-corrected chi connectivity index (χ1v) is 5.70. The number of hydrogen-bond donors (Lipinski definition) is 2. The summed E-state index contributed by atoms with van der Waals surface area (Å²) in [5.74, 6) is -1.38. The van der Waals surface area contributed by atoms with Crippen LogP contribution in [0.25, 0.3) is 22.4 Å². The van der Waals surface area contributed by atoms with Crippen molar-refractivity contribution in [2.75, 3.05) is 0 Å². The van der Waals surface area contributed by atoms with Gasteiger partial charge >= 0.3 is 0 Å². The molecular weight excluding hydrogens is 250 g/mol. The predicted molar refractivity (Wildman–Crippen MR) is 67.8 cm³/mol. The molecule has 1 aromatic heterocycles. The van der Waals surface area contributed by atoms with Crippen LogP contribution in [0.15, 0.2) is 30.3 Å². The van der Waals surface area contributed by atoms with E-state index in [2.05, 4.69) is 9.97 Å². The van der Waals surface area contributed by atoms with Crippen LogP contribution in [0.3, 0.4) is 0 Å². The first kappa shape index (κ1) is 11.6. The lowest BCUT2D eigenvalue weighted by molar-refractivity contribution is 0.471. The summed E-state index contributed by atoms with van der Waals surface area (Å²) in [6, 6.07) is 7.46. The summed E-state index contributed by atoms with van der Waals surface area (Å²) < 4.78 is 26.7. The monoisotopic (exact) mass is 260 g/mol. The molecule has 0 radical (unpaired) electrons. The van der Waals surface area contributed by atoms with Crippen molar-refractivity contribution in [1.82, 2.24) is 9.97 Å². The van der Waals surface area contributed by atoms with Gasteiger partial charge in [-0.25, -0.2) is 13.8 Å². The minimum atomic E-state index is -0.974. The normalized spacial score (nSPS) is 11.1. The Morgan fingerprint density at radius 2 is 1.95 bits per heavy atom. The molecule has 0 spiro atoms. The number of phenolic OH excluding ortho intramolecular Hbond substituents is 1. The lowest BCUT2D eigenvalue weighted by Gasteiger charge is -2.03. The van der Waals surface area contributed by atoms with Crippen LogP contribution in [0.5, 0.6) is 5.75 Å². The van der Waals surface area contributed by atoms with E-state index in [1.807, 2.05) is 0 Å². The first-order valence-electron chi connectivity index (χ1n) is 5.70. The second-order valence-corrected chi connectivity index (χ2v) is 4.29. The molecule has 3 aromatic rings. The Bertz CT molecular complexity index is 780. The Balaban J connectivity index is 2.27. The van der Waals surface area contributed by atoms with E-state index in [-0.39, 0.29) is 11.3 Å². The van der Waals surface area contributed by atoms with Crippen LogP contribution in [0.4, 0.5) is 8.78 Å². The molecule has 0 aliphatic heterocycles. The fourth-order valence-electron chi connectivity index (χ4n) is 2.02. The van der Waals surface area contributed by atoms with Crippen LogP contribution in [-0.4, -0.2) is 15.1 Å². The minimum absolute atomic E-state index is 0.0438. The number of aromatic hydroxyl groups is 1. The number of fused-ring (bicyclic) bond motifs is 1. The highest BCUT2D eigenvalue weighted by Crippen LogP contribution is 2.29. The first-order chi connectivity index (χ1) is 9.08. The molecule has 5 heteroatoms. The Hall–Kier alpha value is -2.43. The van der Waals surface area contributed by atoms with Gasteiger partial charge in [0, 0.05) is 11.1 Å². The van der Waals surface area contributed by atoms with Crippen molar-refractivity contribution < 1.29 is 13.9 Å². The van der Waals surface area contributed by atoms with E-state index in [0.717, 1.165) is 6.07 Å². The number of imidazole rings is 1. The maximum atomic E-state index is 13.6. The van der Waals surface area contributed by atoms with Crippen molar-refractivity contribution in [3.8, 4) is 17.1 Å². The number of aromatic amines is 1. The summed E-state index contributed by atoms with van der Waals surface area (Å²) in [7, 11) is 0. The number of hydrogen-bond acceptors (Lipinski definition) is 2. The zero-order valence-corrected chi connectivity index (χ0v) is 10.0.